The van der Waals surface area contributed by atoms with Gasteiger partial charge in [0.2, 0.25) is 0 Å². The fourth-order valence-corrected chi connectivity index (χ4v) is 8.74. The molecule has 0 heterocycles. The Hall–Kier alpha value is -0.560. The fraction of sp³-hybridized carbons (Fsp3) is 0.857. The van der Waals surface area contributed by atoms with Crippen LogP contribution < -0.4 is 0 Å². The van der Waals surface area contributed by atoms with Gasteiger partial charge in [0.05, 0.1) is 6.10 Å². The van der Waals surface area contributed by atoms with Crippen molar-refractivity contribution in [2.75, 3.05) is 0 Å². The molecule has 0 aromatic rings. The van der Waals surface area contributed by atoms with Crippen molar-refractivity contribution >= 4 is 0 Å². The highest BCUT2D eigenvalue weighted by atomic mass is 16.3. The molecule has 0 aromatic carbocycles. The zero-order chi connectivity index (χ0) is 21.0. The van der Waals surface area contributed by atoms with E-state index in [1.807, 2.05) is 0 Å². The molecule has 4 aliphatic carbocycles. The van der Waals surface area contributed by atoms with Crippen molar-refractivity contribution in [2.24, 2.45) is 52.3 Å². The minimum absolute atomic E-state index is 0.0254. The summed E-state index contributed by atoms with van der Waals surface area (Å²) in [6.45, 7) is 16.5. The molecule has 4 aliphatic rings. The first-order valence-corrected chi connectivity index (χ1v) is 12.7. The van der Waals surface area contributed by atoms with Gasteiger partial charge in [-0.2, -0.15) is 0 Å². The Kier molecular flexibility index (Phi) is 5.86. The number of rotatable bonds is 4. The van der Waals surface area contributed by atoms with E-state index in [1.54, 1.807) is 0 Å². The maximum absolute atomic E-state index is 10.3. The number of allylic oxidation sites excluding steroid dienone is 3. The van der Waals surface area contributed by atoms with Crippen LogP contribution in [-0.4, -0.2) is 11.2 Å². The topological polar surface area (TPSA) is 20.2 Å². The molecule has 1 N–H and O–H groups in total. The van der Waals surface area contributed by atoms with Gasteiger partial charge in [0, 0.05) is 0 Å². The third-order valence-corrected chi connectivity index (χ3v) is 10.7. The van der Waals surface area contributed by atoms with Gasteiger partial charge in [-0.25, -0.2) is 0 Å². The summed E-state index contributed by atoms with van der Waals surface area (Å²) in [6.07, 6.45) is 16.7. The zero-order valence-corrected chi connectivity index (χ0v) is 19.8. The predicted octanol–water partition coefficient (Wildman–Crippen LogP) is 7.41. The minimum atomic E-state index is -0.0254. The molecule has 1 nitrogen and oxygen atoms in total. The number of fused-ring (bicyclic) bond motifs is 5. The quantitative estimate of drug-likeness (QED) is 0.489. The monoisotopic (exact) mass is 398 g/mol. The molecule has 1 heteroatoms. The average molecular weight is 399 g/mol. The predicted molar refractivity (Wildman–Crippen MR) is 124 cm³/mol. The Morgan fingerprint density at radius 2 is 1.62 bits per heavy atom. The van der Waals surface area contributed by atoms with Crippen LogP contribution in [0.1, 0.15) is 92.4 Å². The van der Waals surface area contributed by atoms with Crippen molar-refractivity contribution in [3.8, 4) is 0 Å². The molecule has 4 rings (SSSR count). The van der Waals surface area contributed by atoms with Crippen LogP contribution in [0.5, 0.6) is 0 Å². The highest BCUT2D eigenvalue weighted by Gasteiger charge is 2.60. The van der Waals surface area contributed by atoms with Crippen LogP contribution in [0.25, 0.3) is 0 Å². The molecule has 29 heavy (non-hydrogen) atoms. The molecule has 0 saturated heterocycles. The number of hydrogen-bond donors (Lipinski definition) is 1. The standard InChI is InChI=1S/C28H46O/c1-18(2)19(3)7-8-20(4)24-11-12-25-23-10-9-21-17-22(29)13-15-27(21,5)26(23)14-16-28(24,25)6/h7-8,18,20-26,29H,3,9-17H2,1-2,4-6H3/b8-7+/t20-,21?,22+,23+,24-,25+,26+,27+,28-/m1/s1. The molecule has 0 amide bonds. The van der Waals surface area contributed by atoms with Crippen LogP contribution in [0, 0.1) is 52.3 Å². The summed E-state index contributed by atoms with van der Waals surface area (Å²) in [5.41, 5.74) is 2.30. The fourth-order valence-electron chi connectivity index (χ4n) is 8.74. The lowest BCUT2D eigenvalue weighted by Crippen LogP contribution is -2.54. The first kappa shape index (κ1) is 21.7. The molecule has 0 bridgehead atoms. The van der Waals surface area contributed by atoms with Crippen LogP contribution >= 0.6 is 0 Å². The summed E-state index contributed by atoms with van der Waals surface area (Å²) < 4.78 is 0. The van der Waals surface area contributed by atoms with Crippen LogP contribution in [0.2, 0.25) is 0 Å². The summed E-state index contributed by atoms with van der Waals surface area (Å²) in [6, 6.07) is 0. The van der Waals surface area contributed by atoms with Gasteiger partial charge in [0.25, 0.3) is 0 Å². The maximum Gasteiger partial charge on any atom is 0.0543 e. The normalized spacial score (nSPS) is 48.2. The third-order valence-electron chi connectivity index (χ3n) is 10.7. The minimum Gasteiger partial charge on any atom is -0.393 e. The summed E-state index contributed by atoms with van der Waals surface area (Å²) in [4.78, 5) is 0. The smallest absolute Gasteiger partial charge is 0.0543 e. The molecule has 0 aromatic heterocycles. The molecule has 1 unspecified atom stereocenters. The van der Waals surface area contributed by atoms with Crippen molar-refractivity contribution in [1.82, 2.24) is 0 Å². The average Bonchev–Trinajstić information content (AvgIpc) is 3.03. The van der Waals surface area contributed by atoms with E-state index >= 15 is 0 Å². The van der Waals surface area contributed by atoms with E-state index in [-0.39, 0.29) is 6.10 Å². The molecule has 4 saturated carbocycles. The second-order valence-corrected chi connectivity index (χ2v) is 12.3. The lowest BCUT2D eigenvalue weighted by molar-refractivity contribution is -0.128. The highest BCUT2D eigenvalue weighted by Crippen LogP contribution is 2.68. The molecule has 0 radical (unpaired) electrons. The first-order valence-electron chi connectivity index (χ1n) is 12.7. The largest absolute Gasteiger partial charge is 0.393 e. The van der Waals surface area contributed by atoms with Crippen molar-refractivity contribution < 1.29 is 5.11 Å². The lowest BCUT2D eigenvalue weighted by atomic mass is 9.44. The van der Waals surface area contributed by atoms with Gasteiger partial charge < -0.3 is 5.11 Å². The molecular weight excluding hydrogens is 352 g/mol. The highest BCUT2D eigenvalue weighted by molar-refractivity contribution is 5.18. The van der Waals surface area contributed by atoms with Gasteiger partial charge >= 0.3 is 0 Å². The van der Waals surface area contributed by atoms with E-state index < -0.39 is 0 Å². The Balaban J connectivity index is 1.51. The van der Waals surface area contributed by atoms with Crippen molar-refractivity contribution in [1.29, 1.82) is 0 Å². The van der Waals surface area contributed by atoms with E-state index in [0.29, 0.717) is 22.7 Å². The second-order valence-electron chi connectivity index (χ2n) is 12.3. The van der Waals surface area contributed by atoms with E-state index in [4.69, 9.17) is 0 Å². The van der Waals surface area contributed by atoms with E-state index in [0.717, 1.165) is 42.4 Å². The molecule has 0 aliphatic heterocycles. The zero-order valence-electron chi connectivity index (χ0n) is 19.8. The summed E-state index contributed by atoms with van der Waals surface area (Å²) in [5, 5.41) is 10.3. The van der Waals surface area contributed by atoms with E-state index in [1.165, 1.54) is 50.5 Å². The molecule has 0 spiro atoms. The molecular formula is C28H46O. The summed E-state index contributed by atoms with van der Waals surface area (Å²) in [7, 11) is 0. The first-order chi connectivity index (χ1) is 13.7. The molecule has 9 atom stereocenters. The van der Waals surface area contributed by atoms with Crippen LogP contribution in [-0.2, 0) is 0 Å². The van der Waals surface area contributed by atoms with Crippen LogP contribution in [0.4, 0.5) is 0 Å². The third kappa shape index (κ3) is 3.58. The lowest BCUT2D eigenvalue weighted by Gasteiger charge is -2.61. The second kappa shape index (κ2) is 7.85. The Labute approximate surface area is 180 Å². The summed E-state index contributed by atoms with van der Waals surface area (Å²) >= 11 is 0. The number of hydrogen-bond acceptors (Lipinski definition) is 1. The molecule has 164 valence electrons. The van der Waals surface area contributed by atoms with Crippen LogP contribution in [0.3, 0.4) is 0 Å². The Bertz CT molecular complexity index is 647. The van der Waals surface area contributed by atoms with Crippen molar-refractivity contribution in [3.63, 3.8) is 0 Å². The summed E-state index contributed by atoms with van der Waals surface area (Å²) in [5.74, 6) is 5.61. The van der Waals surface area contributed by atoms with Gasteiger partial charge in [-0.05, 0) is 110 Å². The van der Waals surface area contributed by atoms with Gasteiger partial charge in [0.15, 0.2) is 0 Å². The Morgan fingerprint density at radius 1 is 0.931 bits per heavy atom. The molecule has 4 fully saturated rings. The van der Waals surface area contributed by atoms with Crippen molar-refractivity contribution in [3.05, 3.63) is 24.3 Å². The van der Waals surface area contributed by atoms with Gasteiger partial charge in [0.1, 0.15) is 0 Å². The van der Waals surface area contributed by atoms with Gasteiger partial charge in [-0.15, -0.1) is 0 Å². The van der Waals surface area contributed by atoms with E-state index in [9.17, 15) is 5.11 Å². The number of aliphatic hydroxyl groups is 1. The SMILES string of the molecule is C=C(/C=C/[C@@H](C)[C@H]1CC[C@H]2[C@@H]3CCC4C[C@@H](O)CC[C@]4(C)[C@H]3CC[C@]12C)C(C)C. The maximum atomic E-state index is 10.3. The number of aliphatic hydroxyl groups excluding tert-OH is 1. The van der Waals surface area contributed by atoms with Crippen LogP contribution in [0.15, 0.2) is 24.3 Å². The van der Waals surface area contributed by atoms with E-state index in [2.05, 4.69) is 53.3 Å². The van der Waals surface area contributed by atoms with Gasteiger partial charge in [-0.1, -0.05) is 58.9 Å². The van der Waals surface area contributed by atoms with Crippen molar-refractivity contribution in [2.45, 2.75) is 98.5 Å². The Morgan fingerprint density at radius 3 is 2.34 bits per heavy atom. The van der Waals surface area contributed by atoms with Gasteiger partial charge in [-0.3, -0.25) is 0 Å².